The van der Waals surface area contributed by atoms with E-state index in [9.17, 15) is 24.4 Å². The van der Waals surface area contributed by atoms with Gasteiger partial charge < -0.3 is 23.8 Å². The van der Waals surface area contributed by atoms with Crippen LogP contribution in [0.4, 0.5) is 0 Å². The lowest BCUT2D eigenvalue weighted by Gasteiger charge is -2.51. The van der Waals surface area contributed by atoms with Gasteiger partial charge in [0.2, 0.25) is 5.91 Å². The first-order valence-corrected chi connectivity index (χ1v) is 11.4. The molecule has 3 atom stereocenters. The van der Waals surface area contributed by atoms with E-state index in [1.807, 2.05) is 0 Å². The molecular formula is C22H22NO8P. The number of carbonyl (C=O) groups is 2. The molecule has 0 radical (unpaired) electrons. The lowest BCUT2D eigenvalue weighted by Crippen LogP contribution is -2.68. The molecule has 168 valence electrons. The maximum absolute atomic E-state index is 13.8. The summed E-state index contributed by atoms with van der Waals surface area (Å²) in [6.45, 7) is 3.08. The van der Waals surface area contributed by atoms with E-state index >= 15 is 0 Å². The number of para-hydroxylation sites is 2. The Morgan fingerprint density at radius 3 is 1.97 bits per heavy atom. The van der Waals surface area contributed by atoms with Gasteiger partial charge in [0.15, 0.2) is 5.70 Å². The summed E-state index contributed by atoms with van der Waals surface area (Å²) in [5.74, 6) is -2.60. The third-order valence-corrected chi connectivity index (χ3v) is 7.05. The van der Waals surface area contributed by atoms with Gasteiger partial charge in [-0.25, -0.2) is 4.79 Å². The van der Waals surface area contributed by atoms with Crippen LogP contribution in [0.5, 0.6) is 11.5 Å². The van der Waals surface area contributed by atoms with Gasteiger partial charge in [-0.3, -0.25) is 9.69 Å². The normalized spacial score (nSPS) is 23.3. The summed E-state index contributed by atoms with van der Waals surface area (Å²) < 4.78 is 30.6. The molecule has 2 N–H and O–H groups in total. The Hall–Kier alpha value is -3.29. The van der Waals surface area contributed by atoms with Gasteiger partial charge in [-0.15, -0.1) is 0 Å². The minimum absolute atomic E-state index is 0.0706. The van der Waals surface area contributed by atoms with Crippen molar-refractivity contribution in [3.8, 4) is 11.5 Å². The summed E-state index contributed by atoms with van der Waals surface area (Å²) in [5, 5.41) is 20.2. The van der Waals surface area contributed by atoms with Gasteiger partial charge in [0.1, 0.15) is 17.3 Å². The minimum atomic E-state index is -4.47. The number of hydrogen-bond donors (Lipinski definition) is 2. The van der Waals surface area contributed by atoms with Crippen molar-refractivity contribution in [2.75, 3.05) is 0 Å². The molecule has 1 fully saturated rings. The largest absolute Gasteiger partial charge is 0.646 e. The molecule has 0 bridgehead atoms. The van der Waals surface area contributed by atoms with E-state index in [1.54, 1.807) is 67.6 Å². The van der Waals surface area contributed by atoms with E-state index in [0.717, 1.165) is 4.90 Å². The highest BCUT2D eigenvalue weighted by atomic mass is 31.2. The number of fused-ring (bicyclic) bond motifs is 1. The molecule has 0 aliphatic carbocycles. The molecule has 10 heteroatoms. The Bertz CT molecular complexity index is 1070. The first kappa shape index (κ1) is 21.9. The fourth-order valence-electron chi connectivity index (χ4n) is 4.18. The second-order valence-electron chi connectivity index (χ2n) is 7.66. The summed E-state index contributed by atoms with van der Waals surface area (Å²) in [4.78, 5) is 25.4. The van der Waals surface area contributed by atoms with E-state index in [4.69, 9.17) is 13.6 Å². The van der Waals surface area contributed by atoms with Crippen LogP contribution in [0.25, 0.3) is 0 Å². The van der Waals surface area contributed by atoms with Crippen LogP contribution in [-0.4, -0.2) is 38.6 Å². The fourth-order valence-corrected chi connectivity index (χ4v) is 5.54. The van der Waals surface area contributed by atoms with E-state index in [1.165, 1.54) is 6.92 Å². The first-order chi connectivity index (χ1) is 15.2. The number of carboxylic acid groups (broad SMARTS) is 1. The Balaban J connectivity index is 1.76. The maximum Gasteiger partial charge on any atom is 0.646 e. The second kappa shape index (κ2) is 8.00. The minimum Gasteiger partial charge on any atom is -0.476 e. The molecule has 1 saturated heterocycles. The number of aliphatic hydroxyl groups is 1. The summed E-state index contributed by atoms with van der Waals surface area (Å²) in [6.07, 6.45) is -1.13. The van der Waals surface area contributed by atoms with Crippen LogP contribution in [-0.2, 0) is 18.7 Å². The molecular weight excluding hydrogens is 437 g/mol. The summed E-state index contributed by atoms with van der Waals surface area (Å²) in [7, 11) is -4.47. The monoisotopic (exact) mass is 459 g/mol. The van der Waals surface area contributed by atoms with Gasteiger partial charge in [0, 0.05) is 5.92 Å². The molecule has 2 aliphatic heterocycles. The van der Waals surface area contributed by atoms with Crippen molar-refractivity contribution < 1.29 is 37.9 Å². The molecule has 2 aliphatic rings. The molecule has 0 aromatic heterocycles. The van der Waals surface area contributed by atoms with Crippen molar-refractivity contribution in [3.63, 3.8) is 0 Å². The number of phosphoric ester groups is 1. The lowest BCUT2D eigenvalue weighted by molar-refractivity contribution is -0.167. The van der Waals surface area contributed by atoms with Crippen LogP contribution >= 0.6 is 7.82 Å². The van der Waals surface area contributed by atoms with Crippen LogP contribution in [0, 0.1) is 5.92 Å². The van der Waals surface area contributed by atoms with Crippen LogP contribution in [0.2, 0.25) is 0 Å². The molecule has 9 nitrogen and oxygen atoms in total. The number of aliphatic carboxylic acids is 1. The van der Waals surface area contributed by atoms with Gasteiger partial charge in [-0.2, -0.15) is 4.57 Å². The number of rotatable bonds is 8. The predicted octanol–water partition coefficient (Wildman–Crippen LogP) is 3.57. The van der Waals surface area contributed by atoms with Crippen molar-refractivity contribution >= 4 is 19.7 Å². The smallest absolute Gasteiger partial charge is 0.476 e. The molecule has 0 spiro atoms. The summed E-state index contributed by atoms with van der Waals surface area (Å²) in [6, 6.07) is 16.3. The van der Waals surface area contributed by atoms with Crippen molar-refractivity contribution in [3.05, 3.63) is 72.1 Å². The van der Waals surface area contributed by atoms with Gasteiger partial charge in [-0.1, -0.05) is 43.3 Å². The number of hydrogen-bond acceptors (Lipinski definition) is 7. The van der Waals surface area contributed by atoms with E-state index in [2.05, 4.69) is 0 Å². The molecule has 0 unspecified atom stereocenters. The standard InChI is InChI=1S/C22H22NO8P/c1-14-20(19(21(26)27)23-18(25)13-22(14,23)15(2)24)31-32(28,29-16-9-5-3-6-10-16)30-17-11-7-4-8-12-17/h3-12,14-15,24H,13H2,1-2H3,(H,26,27)/t14-,15+,22+/m0/s1. The predicted molar refractivity (Wildman–Crippen MR) is 113 cm³/mol. The number of carboxylic acids is 1. The van der Waals surface area contributed by atoms with Gasteiger partial charge in [0.25, 0.3) is 0 Å². The molecule has 2 heterocycles. The number of carbonyl (C=O) groups excluding carboxylic acids is 1. The zero-order valence-corrected chi connectivity index (χ0v) is 18.3. The molecule has 1 amide bonds. The number of benzene rings is 2. The highest BCUT2D eigenvalue weighted by Gasteiger charge is 2.67. The average Bonchev–Trinajstić information content (AvgIpc) is 2.94. The lowest BCUT2D eigenvalue weighted by atomic mass is 9.73. The average molecular weight is 459 g/mol. The highest BCUT2D eigenvalue weighted by Crippen LogP contribution is 2.59. The third-order valence-electron chi connectivity index (χ3n) is 5.76. The highest BCUT2D eigenvalue weighted by molar-refractivity contribution is 7.49. The quantitative estimate of drug-likeness (QED) is 0.454. The van der Waals surface area contributed by atoms with E-state index in [-0.39, 0.29) is 23.7 Å². The molecule has 2 aromatic rings. The zero-order chi connectivity index (χ0) is 23.1. The van der Waals surface area contributed by atoms with E-state index in [0.29, 0.717) is 0 Å². The number of phosphoric acid groups is 1. The van der Waals surface area contributed by atoms with Crippen LogP contribution in [0.3, 0.4) is 0 Å². The number of nitrogens with zero attached hydrogens (tertiary/aromatic N) is 1. The van der Waals surface area contributed by atoms with E-state index < -0.39 is 43.0 Å². The molecule has 0 saturated carbocycles. The van der Waals surface area contributed by atoms with Crippen molar-refractivity contribution in [1.29, 1.82) is 0 Å². The SMILES string of the molecule is C[C@@H](O)[C@]12CC(=O)N1C(C(=O)O)=C(OP(=O)(Oc1ccccc1)Oc1ccccc1)[C@@H]2C. The van der Waals surface area contributed by atoms with Crippen molar-refractivity contribution in [1.82, 2.24) is 4.90 Å². The molecule has 4 rings (SSSR count). The van der Waals surface area contributed by atoms with Crippen LogP contribution in [0.15, 0.2) is 72.1 Å². The number of aliphatic hydroxyl groups excluding tert-OH is 1. The number of amides is 1. The van der Waals surface area contributed by atoms with Crippen molar-refractivity contribution in [2.45, 2.75) is 31.9 Å². The third kappa shape index (κ3) is 3.53. The molecule has 32 heavy (non-hydrogen) atoms. The van der Waals surface area contributed by atoms with Gasteiger partial charge >= 0.3 is 13.8 Å². The Morgan fingerprint density at radius 2 is 1.56 bits per heavy atom. The molecule has 2 aromatic carbocycles. The fraction of sp³-hybridized carbons (Fsp3) is 0.273. The van der Waals surface area contributed by atoms with Crippen LogP contribution in [0.1, 0.15) is 20.3 Å². The zero-order valence-electron chi connectivity index (χ0n) is 17.4. The Labute approximate surface area is 184 Å². The maximum atomic E-state index is 13.8. The Morgan fingerprint density at radius 1 is 1.06 bits per heavy atom. The second-order valence-corrected chi connectivity index (χ2v) is 9.10. The van der Waals surface area contributed by atoms with Gasteiger partial charge in [0.05, 0.1) is 18.1 Å². The number of β-lactam (4-membered cyclic amide) rings is 1. The Kier molecular flexibility index (Phi) is 5.48. The summed E-state index contributed by atoms with van der Waals surface area (Å²) in [5.41, 5.74) is -1.69. The summed E-state index contributed by atoms with van der Waals surface area (Å²) >= 11 is 0. The van der Waals surface area contributed by atoms with Gasteiger partial charge in [-0.05, 0) is 31.2 Å². The van der Waals surface area contributed by atoms with Crippen LogP contribution < -0.4 is 9.05 Å². The first-order valence-electron chi connectivity index (χ1n) is 9.95. The van der Waals surface area contributed by atoms with Crippen molar-refractivity contribution in [2.24, 2.45) is 5.92 Å². The topological polar surface area (TPSA) is 123 Å².